The molecule has 0 spiro atoms. The van der Waals surface area contributed by atoms with E-state index in [-0.39, 0.29) is 5.78 Å². The van der Waals surface area contributed by atoms with Gasteiger partial charge in [-0.15, -0.1) is 0 Å². The summed E-state index contributed by atoms with van der Waals surface area (Å²) >= 11 is 0. The van der Waals surface area contributed by atoms with Crippen LogP contribution in [0.5, 0.6) is 0 Å². The van der Waals surface area contributed by atoms with Crippen molar-refractivity contribution in [2.45, 2.75) is 12.1 Å². The fraction of sp³-hybridized carbons (Fsp3) is 0.222. The Morgan fingerprint density at radius 1 is 1.33 bits per heavy atom. The van der Waals surface area contributed by atoms with Gasteiger partial charge in [-0.05, 0) is 5.56 Å². The molecule has 0 fully saturated rings. The van der Waals surface area contributed by atoms with Crippen LogP contribution in [0.1, 0.15) is 22.0 Å². The molecule has 12 heavy (non-hydrogen) atoms. The van der Waals surface area contributed by atoms with Crippen LogP contribution >= 0.6 is 0 Å². The van der Waals surface area contributed by atoms with Gasteiger partial charge in [0, 0.05) is 5.56 Å². The number of hydrogen-bond acceptors (Lipinski definition) is 3. The van der Waals surface area contributed by atoms with Gasteiger partial charge in [0.25, 0.3) is 0 Å². The summed E-state index contributed by atoms with van der Waals surface area (Å²) in [6.45, 7) is 0. The molecule has 0 heterocycles. The smallest absolute Gasteiger partial charge is 0.182 e. The zero-order valence-corrected chi connectivity index (χ0v) is 6.40. The van der Waals surface area contributed by atoms with E-state index in [0.717, 1.165) is 0 Å². The molecule has 2 unspecified atom stereocenters. The Balaban J connectivity index is 2.59. The maximum absolute atomic E-state index is 11.3. The first-order valence-electron chi connectivity index (χ1n) is 3.78. The zero-order valence-electron chi connectivity index (χ0n) is 6.40. The molecular weight excluding hydrogens is 154 g/mol. The number of Topliss-reactive ketones (excluding diaryl/α,β-unsaturated/α-hetero) is 1. The zero-order chi connectivity index (χ0) is 8.72. The molecule has 62 valence electrons. The molecule has 0 bridgehead atoms. The van der Waals surface area contributed by atoms with Gasteiger partial charge in [-0.1, -0.05) is 24.3 Å². The van der Waals surface area contributed by atoms with Crippen molar-refractivity contribution in [3.63, 3.8) is 0 Å². The first-order chi connectivity index (χ1) is 5.72. The predicted molar refractivity (Wildman–Crippen MR) is 43.7 cm³/mol. The number of aliphatic hydroxyl groups is 1. The number of benzene rings is 1. The van der Waals surface area contributed by atoms with Crippen LogP contribution in [0.4, 0.5) is 0 Å². The Bertz CT molecular complexity index is 335. The summed E-state index contributed by atoms with van der Waals surface area (Å²) in [5.41, 5.74) is 6.67. The Morgan fingerprint density at radius 2 is 2.00 bits per heavy atom. The lowest BCUT2D eigenvalue weighted by atomic mass is 10.1. The number of nitrogens with two attached hydrogens (primary N) is 1. The highest BCUT2D eigenvalue weighted by Gasteiger charge is 2.35. The van der Waals surface area contributed by atoms with Crippen molar-refractivity contribution >= 4 is 5.78 Å². The molecule has 1 aliphatic rings. The summed E-state index contributed by atoms with van der Waals surface area (Å²) in [6.07, 6.45) is -0.825. The van der Waals surface area contributed by atoms with Gasteiger partial charge in [-0.3, -0.25) is 4.79 Å². The number of fused-ring (bicyclic) bond motifs is 1. The van der Waals surface area contributed by atoms with Crippen LogP contribution in [0.3, 0.4) is 0 Å². The standard InChI is InChI=1S/C9H9NO2/c10-7-8(11)5-3-1-2-4-6(5)9(7)12/h1-4,7-8,11H,10H2. The van der Waals surface area contributed by atoms with Crippen molar-refractivity contribution in [3.8, 4) is 0 Å². The minimum atomic E-state index is -0.825. The normalized spacial score (nSPS) is 27.3. The second-order valence-electron chi connectivity index (χ2n) is 2.92. The maximum Gasteiger partial charge on any atom is 0.182 e. The molecule has 1 aromatic carbocycles. The van der Waals surface area contributed by atoms with E-state index in [1.807, 2.05) is 0 Å². The molecule has 0 saturated carbocycles. The van der Waals surface area contributed by atoms with Gasteiger partial charge in [0.2, 0.25) is 0 Å². The number of aliphatic hydroxyl groups excluding tert-OH is 1. The summed E-state index contributed by atoms with van der Waals surface area (Å²) in [7, 11) is 0. The largest absolute Gasteiger partial charge is 0.386 e. The average Bonchev–Trinajstić information content (AvgIpc) is 2.33. The summed E-state index contributed by atoms with van der Waals surface area (Å²) in [5, 5.41) is 9.47. The molecule has 0 aromatic heterocycles. The van der Waals surface area contributed by atoms with Gasteiger partial charge in [0.1, 0.15) is 6.10 Å². The fourth-order valence-electron chi connectivity index (χ4n) is 1.50. The van der Waals surface area contributed by atoms with Crippen LogP contribution in [0.2, 0.25) is 0 Å². The topological polar surface area (TPSA) is 63.3 Å². The van der Waals surface area contributed by atoms with E-state index < -0.39 is 12.1 Å². The van der Waals surface area contributed by atoms with E-state index in [1.165, 1.54) is 0 Å². The highest BCUT2D eigenvalue weighted by molar-refractivity contribution is 6.05. The number of ketones is 1. The Labute approximate surface area is 69.8 Å². The third-order valence-electron chi connectivity index (χ3n) is 2.19. The predicted octanol–water partition coefficient (Wildman–Crippen LogP) is 0.244. The highest BCUT2D eigenvalue weighted by Crippen LogP contribution is 2.29. The van der Waals surface area contributed by atoms with Crippen molar-refractivity contribution < 1.29 is 9.90 Å². The van der Waals surface area contributed by atoms with Crippen LogP contribution in [-0.4, -0.2) is 16.9 Å². The number of hydrogen-bond donors (Lipinski definition) is 2. The van der Waals surface area contributed by atoms with Crippen LogP contribution in [0, 0.1) is 0 Å². The van der Waals surface area contributed by atoms with Gasteiger partial charge in [0.15, 0.2) is 5.78 Å². The Morgan fingerprint density at radius 3 is 2.67 bits per heavy atom. The highest BCUT2D eigenvalue weighted by atomic mass is 16.3. The summed E-state index contributed by atoms with van der Waals surface area (Å²) in [5.74, 6) is -0.168. The van der Waals surface area contributed by atoms with E-state index in [9.17, 15) is 9.90 Å². The molecule has 1 aromatic rings. The van der Waals surface area contributed by atoms with Gasteiger partial charge in [-0.2, -0.15) is 0 Å². The molecule has 2 rings (SSSR count). The van der Waals surface area contributed by atoms with Crippen molar-refractivity contribution in [3.05, 3.63) is 35.4 Å². The number of carbonyl (C=O) groups excluding carboxylic acids is 1. The van der Waals surface area contributed by atoms with Crippen molar-refractivity contribution in [1.82, 2.24) is 0 Å². The molecule has 0 radical (unpaired) electrons. The molecule has 3 heteroatoms. The average molecular weight is 163 g/mol. The summed E-state index contributed by atoms with van der Waals surface area (Å²) < 4.78 is 0. The van der Waals surface area contributed by atoms with Crippen LogP contribution in [0.15, 0.2) is 24.3 Å². The Hall–Kier alpha value is -1.19. The SMILES string of the molecule is NC1C(=O)c2ccccc2C1O. The van der Waals surface area contributed by atoms with E-state index >= 15 is 0 Å². The van der Waals surface area contributed by atoms with E-state index in [2.05, 4.69) is 0 Å². The summed E-state index contributed by atoms with van der Waals surface area (Å²) in [6, 6.07) is 6.19. The Kier molecular flexibility index (Phi) is 1.49. The minimum Gasteiger partial charge on any atom is -0.386 e. The maximum atomic E-state index is 11.3. The first kappa shape index (κ1) is 7.46. The summed E-state index contributed by atoms with van der Waals surface area (Å²) in [4.78, 5) is 11.3. The van der Waals surface area contributed by atoms with Crippen LogP contribution in [-0.2, 0) is 0 Å². The molecule has 3 N–H and O–H groups in total. The van der Waals surface area contributed by atoms with Gasteiger partial charge < -0.3 is 10.8 Å². The van der Waals surface area contributed by atoms with Gasteiger partial charge in [0.05, 0.1) is 6.04 Å². The van der Waals surface area contributed by atoms with E-state index in [0.29, 0.717) is 11.1 Å². The molecule has 1 aliphatic carbocycles. The monoisotopic (exact) mass is 163 g/mol. The minimum absolute atomic E-state index is 0.168. The third kappa shape index (κ3) is 0.807. The number of rotatable bonds is 0. The van der Waals surface area contributed by atoms with Crippen molar-refractivity contribution in [2.75, 3.05) is 0 Å². The van der Waals surface area contributed by atoms with Crippen molar-refractivity contribution in [2.24, 2.45) is 5.73 Å². The van der Waals surface area contributed by atoms with Crippen molar-refractivity contribution in [1.29, 1.82) is 0 Å². The molecular formula is C9H9NO2. The molecule has 2 atom stereocenters. The lowest BCUT2D eigenvalue weighted by Crippen LogP contribution is -2.30. The molecule has 3 nitrogen and oxygen atoms in total. The fourth-order valence-corrected chi connectivity index (χ4v) is 1.50. The number of carbonyl (C=O) groups is 1. The van der Waals surface area contributed by atoms with Crippen LogP contribution < -0.4 is 5.73 Å². The van der Waals surface area contributed by atoms with Gasteiger partial charge in [-0.25, -0.2) is 0 Å². The van der Waals surface area contributed by atoms with Gasteiger partial charge >= 0.3 is 0 Å². The molecule has 0 amide bonds. The van der Waals surface area contributed by atoms with E-state index in [4.69, 9.17) is 5.73 Å². The van der Waals surface area contributed by atoms with Crippen LogP contribution in [0.25, 0.3) is 0 Å². The second kappa shape index (κ2) is 2.40. The first-order valence-corrected chi connectivity index (χ1v) is 3.78. The van der Waals surface area contributed by atoms with E-state index in [1.54, 1.807) is 24.3 Å². The second-order valence-corrected chi connectivity index (χ2v) is 2.92. The molecule has 0 saturated heterocycles. The lowest BCUT2D eigenvalue weighted by molar-refractivity contribution is 0.0878. The molecule has 0 aliphatic heterocycles. The quantitative estimate of drug-likeness (QED) is 0.576. The third-order valence-corrected chi connectivity index (χ3v) is 2.19. The lowest BCUT2D eigenvalue weighted by Gasteiger charge is -2.05.